The third kappa shape index (κ3) is 4.42. The van der Waals surface area contributed by atoms with Crippen molar-refractivity contribution in [1.29, 1.82) is 0 Å². The van der Waals surface area contributed by atoms with E-state index >= 15 is 0 Å². The Labute approximate surface area is 192 Å². The number of aliphatic hydroxyl groups excluding tert-OH is 1. The number of hydrogen-bond donors (Lipinski definition) is 2. The molecule has 7 nitrogen and oxygen atoms in total. The van der Waals surface area contributed by atoms with Crippen LogP contribution in [0.4, 0.5) is 0 Å². The molecule has 0 aromatic carbocycles. The molecular weight excluding hydrogens is 424 g/mol. The van der Waals surface area contributed by atoms with Gasteiger partial charge in [0.1, 0.15) is 16.3 Å². The van der Waals surface area contributed by atoms with E-state index < -0.39 is 11.6 Å². The van der Waals surface area contributed by atoms with Crippen LogP contribution in [-0.2, 0) is 9.53 Å². The number of nitrogens with zero attached hydrogens (tertiary/aromatic N) is 3. The van der Waals surface area contributed by atoms with Gasteiger partial charge in [-0.2, -0.15) is 0 Å². The van der Waals surface area contributed by atoms with Crippen LogP contribution in [0.25, 0.3) is 11.4 Å². The number of thioether (sulfide) groups is 1. The molecule has 3 aliphatic rings. The van der Waals surface area contributed by atoms with Gasteiger partial charge < -0.3 is 14.8 Å². The van der Waals surface area contributed by atoms with Crippen molar-refractivity contribution in [2.45, 2.75) is 81.4 Å². The predicted molar refractivity (Wildman–Crippen MR) is 122 cm³/mol. The number of rotatable bonds is 7. The smallest absolute Gasteiger partial charge is 0.349 e. The van der Waals surface area contributed by atoms with Crippen LogP contribution in [0.5, 0.6) is 0 Å². The number of ether oxygens (including phenoxy) is 1. The van der Waals surface area contributed by atoms with Crippen LogP contribution < -0.4 is 0 Å². The van der Waals surface area contributed by atoms with Gasteiger partial charge in [-0.1, -0.05) is 38.5 Å². The summed E-state index contributed by atoms with van der Waals surface area (Å²) in [6.07, 6.45) is 15.4. The standard InChI is InChI=1S/C24H30N4O3S/c29-19-15-24(18-7-3-4-8-18,12-9-16-5-1-2-6-16)31-22(30)20(19)32-23-26-21(27-28-23)17-10-13-25-14-11-17/h10-11,13-14,16,18,29H,1-9,12,15H2,(H,26,27,28). The summed E-state index contributed by atoms with van der Waals surface area (Å²) in [5, 5.41) is 19.8. The second kappa shape index (κ2) is 9.25. The first-order valence-electron chi connectivity index (χ1n) is 11.8. The number of cyclic esters (lactones) is 1. The normalized spacial score (nSPS) is 24.9. The number of hydrogen-bond acceptors (Lipinski definition) is 7. The van der Waals surface area contributed by atoms with Crippen LogP contribution in [0.1, 0.15) is 70.6 Å². The highest BCUT2D eigenvalue weighted by molar-refractivity contribution is 8.03. The van der Waals surface area contributed by atoms with Crippen molar-refractivity contribution >= 4 is 17.7 Å². The Morgan fingerprint density at radius 1 is 1.09 bits per heavy atom. The Kier molecular flexibility index (Phi) is 6.22. The first-order chi connectivity index (χ1) is 15.6. The molecule has 3 heterocycles. The molecule has 0 radical (unpaired) electrons. The van der Waals surface area contributed by atoms with E-state index in [4.69, 9.17) is 4.74 Å². The van der Waals surface area contributed by atoms with E-state index in [0.717, 1.165) is 48.9 Å². The van der Waals surface area contributed by atoms with Crippen molar-refractivity contribution in [3.63, 3.8) is 0 Å². The fourth-order valence-electron chi connectivity index (χ4n) is 5.65. The maximum atomic E-state index is 13.1. The summed E-state index contributed by atoms with van der Waals surface area (Å²) >= 11 is 1.09. The Balaban J connectivity index is 1.34. The van der Waals surface area contributed by atoms with E-state index in [1.54, 1.807) is 12.4 Å². The largest absolute Gasteiger partial charge is 0.511 e. The Hall–Kier alpha value is -2.35. The van der Waals surface area contributed by atoms with Crippen molar-refractivity contribution in [2.24, 2.45) is 11.8 Å². The molecular formula is C24H30N4O3S. The highest BCUT2D eigenvalue weighted by Gasteiger charge is 2.48. The molecule has 2 fully saturated rings. The average molecular weight is 455 g/mol. The zero-order chi connectivity index (χ0) is 22.0. The number of esters is 1. The van der Waals surface area contributed by atoms with Crippen LogP contribution in [0.15, 0.2) is 40.3 Å². The minimum absolute atomic E-state index is 0.131. The van der Waals surface area contributed by atoms with Gasteiger partial charge in [0.05, 0.1) is 0 Å². The quantitative estimate of drug-likeness (QED) is 0.527. The number of aromatic amines is 1. The lowest BCUT2D eigenvalue weighted by Crippen LogP contribution is -2.45. The number of nitrogens with one attached hydrogen (secondary N) is 1. The van der Waals surface area contributed by atoms with Crippen molar-refractivity contribution < 1.29 is 14.6 Å². The number of aromatic nitrogens is 4. The summed E-state index contributed by atoms with van der Waals surface area (Å²) in [7, 11) is 0. The molecule has 0 saturated heterocycles. The number of H-pyrrole nitrogens is 1. The molecule has 2 aromatic heterocycles. The summed E-state index contributed by atoms with van der Waals surface area (Å²) < 4.78 is 6.22. The van der Waals surface area contributed by atoms with Crippen LogP contribution >= 0.6 is 11.8 Å². The molecule has 0 amide bonds. The van der Waals surface area contributed by atoms with E-state index in [1.807, 2.05) is 12.1 Å². The molecule has 170 valence electrons. The summed E-state index contributed by atoms with van der Waals surface area (Å²) in [4.78, 5) is 20.5. The maximum Gasteiger partial charge on any atom is 0.349 e. The SMILES string of the molecule is O=C1OC(CCC2CCCC2)(C2CCCC2)CC(O)=C1Sc1nnc(-c2ccncc2)[nH]1. The predicted octanol–water partition coefficient (Wildman–Crippen LogP) is 5.57. The lowest BCUT2D eigenvalue weighted by Gasteiger charge is -2.42. The fraction of sp³-hybridized carbons (Fsp3) is 0.583. The van der Waals surface area contributed by atoms with Gasteiger partial charge >= 0.3 is 5.97 Å². The van der Waals surface area contributed by atoms with Crippen LogP contribution in [0.3, 0.4) is 0 Å². The molecule has 8 heteroatoms. The van der Waals surface area contributed by atoms with Crippen LogP contribution in [0, 0.1) is 11.8 Å². The van der Waals surface area contributed by atoms with Crippen LogP contribution in [0.2, 0.25) is 0 Å². The highest BCUT2D eigenvalue weighted by atomic mass is 32.2. The van der Waals surface area contributed by atoms with Gasteiger partial charge in [-0.15, -0.1) is 10.2 Å². The average Bonchev–Trinajstić information content (AvgIpc) is 3.58. The van der Waals surface area contributed by atoms with Gasteiger partial charge in [-0.25, -0.2) is 4.79 Å². The molecule has 32 heavy (non-hydrogen) atoms. The molecule has 0 bridgehead atoms. The van der Waals surface area contributed by atoms with E-state index in [0.29, 0.717) is 23.3 Å². The van der Waals surface area contributed by atoms with Gasteiger partial charge in [0.25, 0.3) is 0 Å². The monoisotopic (exact) mass is 454 g/mol. The summed E-state index contributed by atoms with van der Waals surface area (Å²) in [5.41, 5.74) is 0.296. The van der Waals surface area contributed by atoms with E-state index in [2.05, 4.69) is 20.2 Å². The zero-order valence-corrected chi connectivity index (χ0v) is 19.1. The third-order valence-corrected chi connectivity index (χ3v) is 8.36. The molecule has 2 aliphatic carbocycles. The minimum Gasteiger partial charge on any atom is -0.511 e. The van der Waals surface area contributed by atoms with Gasteiger partial charge in [-0.05, 0) is 61.4 Å². The second-order valence-corrected chi connectivity index (χ2v) is 10.4. The summed E-state index contributed by atoms with van der Waals surface area (Å²) in [6, 6.07) is 3.67. The van der Waals surface area contributed by atoms with Gasteiger partial charge in [0, 0.05) is 24.4 Å². The lowest BCUT2D eigenvalue weighted by atomic mass is 9.76. The molecule has 2 N–H and O–H groups in total. The number of aliphatic hydroxyl groups is 1. The van der Waals surface area contributed by atoms with Gasteiger partial charge in [-0.3, -0.25) is 4.98 Å². The topological polar surface area (TPSA) is 101 Å². The summed E-state index contributed by atoms with van der Waals surface area (Å²) in [6.45, 7) is 0. The Bertz CT molecular complexity index is 980. The van der Waals surface area contributed by atoms with Crippen molar-refractivity contribution in [3.05, 3.63) is 35.2 Å². The molecule has 2 aromatic rings. The number of pyridine rings is 1. The Morgan fingerprint density at radius 2 is 1.81 bits per heavy atom. The molecule has 5 rings (SSSR count). The van der Waals surface area contributed by atoms with Crippen LogP contribution in [-0.4, -0.2) is 36.8 Å². The van der Waals surface area contributed by atoms with E-state index in [9.17, 15) is 9.90 Å². The molecule has 0 spiro atoms. The van der Waals surface area contributed by atoms with E-state index in [1.165, 1.54) is 38.5 Å². The Morgan fingerprint density at radius 3 is 2.53 bits per heavy atom. The molecule has 1 unspecified atom stereocenters. The minimum atomic E-state index is -0.562. The number of carbonyl (C=O) groups is 1. The summed E-state index contributed by atoms with van der Waals surface area (Å²) in [5.74, 6) is 1.36. The molecule has 2 saturated carbocycles. The first-order valence-corrected chi connectivity index (χ1v) is 12.6. The number of carbonyl (C=O) groups excluding carboxylic acids is 1. The maximum absolute atomic E-state index is 13.1. The van der Waals surface area contributed by atoms with E-state index in [-0.39, 0.29) is 10.7 Å². The molecule has 1 atom stereocenters. The van der Waals surface area contributed by atoms with Crippen molar-refractivity contribution in [3.8, 4) is 11.4 Å². The highest BCUT2D eigenvalue weighted by Crippen LogP contribution is 2.48. The van der Waals surface area contributed by atoms with Crippen molar-refractivity contribution in [2.75, 3.05) is 0 Å². The molecule has 1 aliphatic heterocycles. The van der Waals surface area contributed by atoms with Crippen molar-refractivity contribution in [1.82, 2.24) is 20.2 Å². The zero-order valence-electron chi connectivity index (χ0n) is 18.3. The first kappa shape index (κ1) is 21.5. The van der Waals surface area contributed by atoms with Gasteiger partial charge in [0.2, 0.25) is 0 Å². The second-order valence-electron chi connectivity index (χ2n) is 9.39. The van der Waals surface area contributed by atoms with Gasteiger partial charge in [0.15, 0.2) is 11.0 Å². The fourth-order valence-corrected chi connectivity index (χ4v) is 6.39. The lowest BCUT2D eigenvalue weighted by molar-refractivity contribution is -0.166. The third-order valence-electron chi connectivity index (χ3n) is 7.38.